The molecule has 0 unspecified atom stereocenters. The lowest BCUT2D eigenvalue weighted by Gasteiger charge is -2.35. The zero-order valence-electron chi connectivity index (χ0n) is 16.6. The highest BCUT2D eigenvalue weighted by Crippen LogP contribution is 2.24. The molecule has 0 saturated carbocycles. The minimum absolute atomic E-state index is 0.191. The molecule has 0 spiro atoms. The number of sulfonamides is 1. The van der Waals surface area contributed by atoms with Gasteiger partial charge in [0.1, 0.15) is 29.1 Å². The minimum Gasteiger partial charge on any atom is -0.378 e. The smallest absolute Gasteiger partial charge is 0.243 e. The van der Waals surface area contributed by atoms with E-state index in [1.807, 2.05) is 17.9 Å². The molecule has 2 aliphatic heterocycles. The number of nitrogens with zero attached hydrogens (tertiary/aromatic N) is 5. The van der Waals surface area contributed by atoms with Crippen molar-refractivity contribution in [2.45, 2.75) is 11.8 Å². The molecule has 0 bridgehead atoms. The largest absolute Gasteiger partial charge is 0.378 e. The number of hydrogen-bond donors (Lipinski definition) is 0. The van der Waals surface area contributed by atoms with Crippen molar-refractivity contribution in [1.29, 1.82) is 0 Å². The number of morpholine rings is 1. The van der Waals surface area contributed by atoms with Gasteiger partial charge in [0.25, 0.3) is 0 Å². The zero-order chi connectivity index (χ0) is 21.3. The first-order valence-electron chi connectivity index (χ1n) is 9.72. The van der Waals surface area contributed by atoms with Crippen LogP contribution in [0.4, 0.5) is 20.4 Å². The molecule has 0 aliphatic carbocycles. The third-order valence-corrected chi connectivity index (χ3v) is 7.06. The predicted molar refractivity (Wildman–Crippen MR) is 107 cm³/mol. The van der Waals surface area contributed by atoms with Crippen molar-refractivity contribution in [1.82, 2.24) is 14.3 Å². The van der Waals surface area contributed by atoms with Gasteiger partial charge in [-0.2, -0.15) is 4.31 Å². The molecule has 0 amide bonds. The molecular formula is C19H23F2N5O3S. The molecule has 2 fully saturated rings. The summed E-state index contributed by atoms with van der Waals surface area (Å²) in [5.41, 5.74) is 0. The minimum atomic E-state index is -3.97. The fourth-order valence-electron chi connectivity index (χ4n) is 3.64. The second-order valence-electron chi connectivity index (χ2n) is 7.23. The van der Waals surface area contributed by atoms with Gasteiger partial charge in [-0.25, -0.2) is 27.2 Å². The summed E-state index contributed by atoms with van der Waals surface area (Å²) < 4.78 is 59.2. The van der Waals surface area contributed by atoms with E-state index in [0.717, 1.165) is 36.9 Å². The topological polar surface area (TPSA) is 78.9 Å². The molecule has 0 atom stereocenters. The van der Waals surface area contributed by atoms with Gasteiger partial charge >= 0.3 is 0 Å². The maximum atomic E-state index is 13.5. The second-order valence-corrected chi connectivity index (χ2v) is 9.17. The van der Waals surface area contributed by atoms with Crippen LogP contribution in [0.1, 0.15) is 5.82 Å². The van der Waals surface area contributed by atoms with Gasteiger partial charge in [0.2, 0.25) is 10.0 Å². The molecule has 2 aromatic rings. The van der Waals surface area contributed by atoms with E-state index < -0.39 is 21.7 Å². The van der Waals surface area contributed by atoms with E-state index in [1.54, 1.807) is 0 Å². The van der Waals surface area contributed by atoms with Crippen LogP contribution in [0, 0.1) is 18.6 Å². The average molecular weight is 439 g/mol. The molecule has 1 aromatic heterocycles. The Bertz CT molecular complexity index is 1000. The van der Waals surface area contributed by atoms with Crippen molar-refractivity contribution in [2.24, 2.45) is 0 Å². The van der Waals surface area contributed by atoms with Gasteiger partial charge in [-0.05, 0) is 19.1 Å². The van der Waals surface area contributed by atoms with Gasteiger partial charge < -0.3 is 14.5 Å². The highest BCUT2D eigenvalue weighted by molar-refractivity contribution is 7.89. The Balaban J connectivity index is 1.48. The first-order valence-corrected chi connectivity index (χ1v) is 11.2. The summed E-state index contributed by atoms with van der Waals surface area (Å²) in [6.45, 7) is 5.84. The normalized spacial score (nSPS) is 18.6. The van der Waals surface area contributed by atoms with Crippen LogP contribution in [-0.2, 0) is 14.8 Å². The number of anilines is 2. The van der Waals surface area contributed by atoms with E-state index in [4.69, 9.17) is 4.74 Å². The van der Waals surface area contributed by atoms with Crippen LogP contribution in [0.25, 0.3) is 0 Å². The van der Waals surface area contributed by atoms with Crippen molar-refractivity contribution in [3.8, 4) is 0 Å². The van der Waals surface area contributed by atoms with Crippen molar-refractivity contribution in [3.05, 3.63) is 41.7 Å². The summed E-state index contributed by atoms with van der Waals surface area (Å²) in [5, 5.41) is 0. The SMILES string of the molecule is Cc1nc(N2CCOCC2)cc(N2CCN(S(=O)(=O)c3cc(F)cc(F)c3)CC2)n1. The number of ether oxygens (including phenoxy) is 1. The molecule has 11 heteroatoms. The third kappa shape index (κ3) is 4.37. The molecule has 2 aliphatic rings. The molecule has 162 valence electrons. The number of aromatic nitrogens is 2. The van der Waals surface area contributed by atoms with E-state index in [2.05, 4.69) is 14.9 Å². The van der Waals surface area contributed by atoms with Gasteiger partial charge in [0, 0.05) is 51.4 Å². The third-order valence-electron chi connectivity index (χ3n) is 5.18. The molecule has 4 rings (SSSR count). The maximum absolute atomic E-state index is 13.5. The van der Waals surface area contributed by atoms with E-state index in [-0.39, 0.29) is 18.0 Å². The Hall–Kier alpha value is -2.37. The van der Waals surface area contributed by atoms with Gasteiger partial charge in [-0.1, -0.05) is 0 Å². The Morgan fingerprint density at radius 1 is 0.833 bits per heavy atom. The Kier molecular flexibility index (Phi) is 5.85. The van der Waals surface area contributed by atoms with Crippen LogP contribution in [0.3, 0.4) is 0 Å². The fraction of sp³-hybridized carbons (Fsp3) is 0.474. The Morgan fingerprint density at radius 2 is 1.37 bits per heavy atom. The standard InChI is InChI=1S/C19H23F2N5O3S/c1-14-22-18(13-19(23-14)25-6-8-29-9-7-25)24-2-4-26(5-3-24)30(27,28)17-11-15(20)10-16(21)12-17/h10-13H,2-9H2,1H3. The number of aryl methyl sites for hydroxylation is 1. The van der Waals surface area contributed by atoms with Crippen LogP contribution in [-0.4, -0.2) is 75.2 Å². The number of rotatable bonds is 4. The quantitative estimate of drug-likeness (QED) is 0.713. The van der Waals surface area contributed by atoms with Crippen molar-refractivity contribution < 1.29 is 21.9 Å². The number of piperazine rings is 1. The van der Waals surface area contributed by atoms with Crippen molar-refractivity contribution >= 4 is 21.7 Å². The Morgan fingerprint density at radius 3 is 1.93 bits per heavy atom. The highest BCUT2D eigenvalue weighted by Gasteiger charge is 2.30. The van der Waals surface area contributed by atoms with E-state index >= 15 is 0 Å². The summed E-state index contributed by atoms with van der Waals surface area (Å²) in [4.78, 5) is 12.8. The summed E-state index contributed by atoms with van der Waals surface area (Å²) in [6, 6.07) is 4.24. The van der Waals surface area contributed by atoms with Crippen molar-refractivity contribution in [2.75, 3.05) is 62.3 Å². The zero-order valence-corrected chi connectivity index (χ0v) is 17.4. The molecule has 3 heterocycles. The van der Waals surface area contributed by atoms with Gasteiger partial charge in [-0.15, -0.1) is 0 Å². The number of halogens is 2. The van der Waals surface area contributed by atoms with Crippen LogP contribution in [0.15, 0.2) is 29.2 Å². The van der Waals surface area contributed by atoms with Crippen LogP contribution < -0.4 is 9.80 Å². The van der Waals surface area contributed by atoms with Crippen molar-refractivity contribution in [3.63, 3.8) is 0 Å². The summed E-state index contributed by atoms with van der Waals surface area (Å²) in [7, 11) is -3.97. The van der Waals surface area contributed by atoms with Gasteiger partial charge in [0.05, 0.1) is 18.1 Å². The lowest BCUT2D eigenvalue weighted by molar-refractivity contribution is 0.122. The molecule has 8 nitrogen and oxygen atoms in total. The molecule has 0 N–H and O–H groups in total. The lowest BCUT2D eigenvalue weighted by Crippen LogP contribution is -2.49. The monoisotopic (exact) mass is 439 g/mol. The molecule has 30 heavy (non-hydrogen) atoms. The first-order chi connectivity index (χ1) is 14.3. The van der Waals surface area contributed by atoms with E-state index in [1.165, 1.54) is 4.31 Å². The van der Waals surface area contributed by atoms with Crippen LogP contribution >= 0.6 is 0 Å². The molecule has 1 aromatic carbocycles. The van der Waals surface area contributed by atoms with Crippen LogP contribution in [0.5, 0.6) is 0 Å². The summed E-state index contributed by atoms with van der Waals surface area (Å²) in [6.07, 6.45) is 0. The number of benzene rings is 1. The second kappa shape index (κ2) is 8.40. The molecule has 2 saturated heterocycles. The molecule has 0 radical (unpaired) electrons. The average Bonchev–Trinajstić information content (AvgIpc) is 2.73. The highest BCUT2D eigenvalue weighted by atomic mass is 32.2. The van der Waals surface area contributed by atoms with E-state index in [0.29, 0.717) is 38.2 Å². The fourth-order valence-corrected chi connectivity index (χ4v) is 5.10. The summed E-state index contributed by atoms with van der Waals surface area (Å²) in [5.74, 6) is 0.363. The maximum Gasteiger partial charge on any atom is 0.243 e. The van der Waals surface area contributed by atoms with Gasteiger partial charge in [0.15, 0.2) is 0 Å². The Labute approximate surface area is 174 Å². The van der Waals surface area contributed by atoms with Gasteiger partial charge in [-0.3, -0.25) is 0 Å². The predicted octanol–water partition coefficient (Wildman–Crippen LogP) is 1.41. The van der Waals surface area contributed by atoms with Crippen LogP contribution in [0.2, 0.25) is 0 Å². The summed E-state index contributed by atoms with van der Waals surface area (Å²) >= 11 is 0. The van der Waals surface area contributed by atoms with E-state index in [9.17, 15) is 17.2 Å². The number of hydrogen-bond acceptors (Lipinski definition) is 7. The first kappa shape index (κ1) is 20.9. The lowest BCUT2D eigenvalue weighted by atomic mass is 10.3. The molecular weight excluding hydrogens is 416 g/mol.